The summed E-state index contributed by atoms with van der Waals surface area (Å²) in [5.74, 6) is -0.662. The normalized spacial score (nSPS) is 11.7. The van der Waals surface area contributed by atoms with Gasteiger partial charge < -0.3 is 28.3 Å². The van der Waals surface area contributed by atoms with Crippen molar-refractivity contribution >= 4 is 17.8 Å². The van der Waals surface area contributed by atoms with E-state index >= 15 is 0 Å². The minimum absolute atomic E-state index is 0.0446. The first kappa shape index (κ1) is 18.2. The maximum Gasteiger partial charge on any atom is 0.239 e. The largest absolute Gasteiger partial charge is 0.370 e. The molecule has 0 aromatic heterocycles. The summed E-state index contributed by atoms with van der Waals surface area (Å²) in [6.07, 6.45) is 3.76. The number of guanidine groups is 1. The van der Waals surface area contributed by atoms with Crippen LogP contribution in [0.15, 0.2) is 4.99 Å². The molecule has 0 saturated carbocycles. The predicted molar refractivity (Wildman–Crippen MR) is 78.6 cm³/mol. The van der Waals surface area contributed by atoms with Crippen LogP contribution in [0.5, 0.6) is 0 Å². The van der Waals surface area contributed by atoms with Crippen LogP contribution in [0.4, 0.5) is 0 Å². The maximum absolute atomic E-state index is 11.7. The molecule has 8 heteroatoms. The zero-order valence-corrected chi connectivity index (χ0v) is 11.8. The van der Waals surface area contributed by atoms with Gasteiger partial charge in [0.15, 0.2) is 5.96 Å². The van der Waals surface area contributed by atoms with Gasteiger partial charge in [0.05, 0.1) is 0 Å². The molecule has 1 unspecified atom stereocenters. The zero-order valence-electron chi connectivity index (χ0n) is 11.8. The highest BCUT2D eigenvalue weighted by Gasteiger charge is 2.16. The summed E-state index contributed by atoms with van der Waals surface area (Å²) in [4.78, 5) is 26.7. The van der Waals surface area contributed by atoms with Crippen molar-refractivity contribution in [1.82, 2.24) is 5.32 Å². The molecule has 0 bridgehead atoms. The molecule has 0 spiro atoms. The second kappa shape index (κ2) is 11.0. The van der Waals surface area contributed by atoms with E-state index in [1.165, 1.54) is 0 Å². The van der Waals surface area contributed by atoms with Crippen molar-refractivity contribution in [2.24, 2.45) is 27.9 Å². The van der Waals surface area contributed by atoms with Gasteiger partial charge >= 0.3 is 0 Å². The number of nitrogens with one attached hydrogen (secondary N) is 1. The molecule has 0 aliphatic rings. The van der Waals surface area contributed by atoms with Gasteiger partial charge in [0.1, 0.15) is 6.04 Å². The lowest BCUT2D eigenvalue weighted by molar-refractivity contribution is -0.127. The molecule has 0 aliphatic carbocycles. The molecular formula is C12H26N6O2. The van der Waals surface area contributed by atoms with Crippen molar-refractivity contribution < 1.29 is 9.59 Å². The predicted octanol–water partition coefficient (Wildman–Crippen LogP) is -1.47. The second-order valence-electron chi connectivity index (χ2n) is 4.57. The van der Waals surface area contributed by atoms with Crippen LogP contribution in [-0.2, 0) is 9.59 Å². The molecule has 1 atom stereocenters. The number of primary amides is 1. The van der Waals surface area contributed by atoms with Crippen LogP contribution in [0, 0.1) is 0 Å². The van der Waals surface area contributed by atoms with Crippen molar-refractivity contribution in [2.45, 2.75) is 44.6 Å². The minimum Gasteiger partial charge on any atom is -0.370 e. The Morgan fingerprint density at radius 1 is 1.05 bits per heavy atom. The van der Waals surface area contributed by atoms with Crippen LogP contribution in [0.2, 0.25) is 0 Å². The van der Waals surface area contributed by atoms with Crippen LogP contribution >= 0.6 is 0 Å². The van der Waals surface area contributed by atoms with Gasteiger partial charge in [-0.3, -0.25) is 14.6 Å². The van der Waals surface area contributed by atoms with Crippen molar-refractivity contribution in [3.8, 4) is 0 Å². The standard InChI is InChI=1S/C12H26N6O2/c13-7-3-1-5-9(11(14)20)18-10(19)6-2-4-8-17-12(15)16/h9H,1-8,13H2,(H2,14,20)(H,18,19)(H4,15,16,17). The highest BCUT2D eigenvalue weighted by molar-refractivity contribution is 5.86. The highest BCUT2D eigenvalue weighted by atomic mass is 16.2. The van der Waals surface area contributed by atoms with Gasteiger partial charge in [-0.15, -0.1) is 0 Å². The molecule has 0 aromatic carbocycles. The van der Waals surface area contributed by atoms with E-state index in [-0.39, 0.29) is 11.9 Å². The summed E-state index contributed by atoms with van der Waals surface area (Å²) in [6.45, 7) is 1.05. The molecule has 116 valence electrons. The first-order chi connectivity index (χ1) is 9.47. The fourth-order valence-electron chi connectivity index (χ4n) is 1.65. The summed E-state index contributed by atoms with van der Waals surface area (Å²) in [5.41, 5.74) is 21.0. The third-order valence-electron chi connectivity index (χ3n) is 2.73. The number of hydrogen-bond acceptors (Lipinski definition) is 4. The van der Waals surface area contributed by atoms with Crippen LogP contribution in [0.3, 0.4) is 0 Å². The fourth-order valence-corrected chi connectivity index (χ4v) is 1.65. The maximum atomic E-state index is 11.7. The Hall–Kier alpha value is -1.83. The van der Waals surface area contributed by atoms with Crippen molar-refractivity contribution in [3.05, 3.63) is 0 Å². The molecule has 0 saturated heterocycles. The quantitative estimate of drug-likeness (QED) is 0.177. The molecule has 0 rings (SSSR count). The Morgan fingerprint density at radius 2 is 1.75 bits per heavy atom. The Kier molecular flexibility index (Phi) is 10.0. The summed E-state index contributed by atoms with van der Waals surface area (Å²) >= 11 is 0. The van der Waals surface area contributed by atoms with E-state index in [2.05, 4.69) is 10.3 Å². The Balaban J connectivity index is 3.89. The monoisotopic (exact) mass is 286 g/mol. The van der Waals surface area contributed by atoms with Gasteiger partial charge in [0.25, 0.3) is 0 Å². The molecule has 0 aromatic rings. The summed E-state index contributed by atoms with van der Waals surface area (Å²) in [7, 11) is 0. The molecule has 2 amide bonds. The second-order valence-corrected chi connectivity index (χ2v) is 4.57. The Bertz CT molecular complexity index is 328. The van der Waals surface area contributed by atoms with Gasteiger partial charge in [0, 0.05) is 13.0 Å². The third-order valence-corrected chi connectivity index (χ3v) is 2.73. The van der Waals surface area contributed by atoms with E-state index in [4.69, 9.17) is 22.9 Å². The minimum atomic E-state index is -0.619. The number of aliphatic imine (C=N–C) groups is 1. The van der Waals surface area contributed by atoms with Crippen molar-refractivity contribution in [3.63, 3.8) is 0 Å². The number of hydrogen-bond donors (Lipinski definition) is 5. The number of rotatable bonds is 11. The van der Waals surface area contributed by atoms with Crippen LogP contribution < -0.4 is 28.3 Å². The molecule has 0 radical (unpaired) electrons. The molecule has 0 heterocycles. The average molecular weight is 286 g/mol. The van der Waals surface area contributed by atoms with E-state index in [0.29, 0.717) is 38.8 Å². The number of amides is 2. The lowest BCUT2D eigenvalue weighted by Gasteiger charge is -2.15. The summed E-state index contributed by atoms with van der Waals surface area (Å²) in [6, 6.07) is -0.619. The lowest BCUT2D eigenvalue weighted by Crippen LogP contribution is -2.44. The van der Waals surface area contributed by atoms with E-state index < -0.39 is 11.9 Å². The zero-order chi connectivity index (χ0) is 15.4. The third kappa shape index (κ3) is 10.1. The first-order valence-electron chi connectivity index (χ1n) is 6.81. The van der Waals surface area contributed by atoms with E-state index in [1.807, 2.05) is 0 Å². The summed E-state index contributed by atoms with van der Waals surface area (Å²) < 4.78 is 0. The number of carbonyl (C=O) groups excluding carboxylic acids is 2. The van der Waals surface area contributed by atoms with Gasteiger partial charge in [-0.2, -0.15) is 0 Å². The first-order valence-corrected chi connectivity index (χ1v) is 6.81. The number of nitrogens with zero attached hydrogens (tertiary/aromatic N) is 1. The molecule has 9 N–H and O–H groups in total. The van der Waals surface area contributed by atoms with Crippen LogP contribution in [-0.4, -0.2) is 36.9 Å². The van der Waals surface area contributed by atoms with Crippen LogP contribution in [0.1, 0.15) is 38.5 Å². The molecule has 20 heavy (non-hydrogen) atoms. The Labute approximate surface area is 119 Å². The van der Waals surface area contributed by atoms with Gasteiger partial charge in [0.2, 0.25) is 11.8 Å². The average Bonchev–Trinajstić information content (AvgIpc) is 2.36. The topological polar surface area (TPSA) is 163 Å². The van der Waals surface area contributed by atoms with E-state index in [1.54, 1.807) is 0 Å². The lowest BCUT2D eigenvalue weighted by atomic mass is 10.1. The molecular weight excluding hydrogens is 260 g/mol. The van der Waals surface area contributed by atoms with Gasteiger partial charge in [-0.25, -0.2) is 0 Å². The van der Waals surface area contributed by atoms with Crippen molar-refractivity contribution in [1.29, 1.82) is 0 Å². The number of unbranched alkanes of at least 4 members (excludes halogenated alkanes) is 2. The Morgan fingerprint density at radius 3 is 2.30 bits per heavy atom. The number of nitrogens with two attached hydrogens (primary N) is 4. The molecule has 8 nitrogen and oxygen atoms in total. The highest BCUT2D eigenvalue weighted by Crippen LogP contribution is 2.02. The molecule has 0 aliphatic heterocycles. The number of carbonyl (C=O) groups is 2. The van der Waals surface area contributed by atoms with E-state index in [0.717, 1.165) is 12.8 Å². The van der Waals surface area contributed by atoms with Gasteiger partial charge in [-0.05, 0) is 38.6 Å². The fraction of sp³-hybridized carbons (Fsp3) is 0.750. The van der Waals surface area contributed by atoms with Gasteiger partial charge in [-0.1, -0.05) is 0 Å². The van der Waals surface area contributed by atoms with Crippen molar-refractivity contribution in [2.75, 3.05) is 13.1 Å². The van der Waals surface area contributed by atoms with E-state index in [9.17, 15) is 9.59 Å². The summed E-state index contributed by atoms with van der Waals surface area (Å²) in [5, 5.41) is 2.64. The molecule has 0 fully saturated rings. The SMILES string of the molecule is NCCCCC(NC(=O)CCCCN=C(N)N)C(N)=O. The van der Waals surface area contributed by atoms with Crippen LogP contribution in [0.25, 0.3) is 0 Å². The smallest absolute Gasteiger partial charge is 0.239 e.